The monoisotopic (exact) mass is 312 g/mol. The van der Waals surface area contributed by atoms with Crippen LogP contribution in [-0.4, -0.2) is 38.3 Å². The van der Waals surface area contributed by atoms with Gasteiger partial charge in [-0.05, 0) is 25.0 Å². The Balaban J connectivity index is 2.51. The Kier molecular flexibility index (Phi) is 4.25. The van der Waals surface area contributed by atoms with Gasteiger partial charge < -0.3 is 10.1 Å². The van der Waals surface area contributed by atoms with E-state index in [1.165, 1.54) is 17.4 Å². The molecule has 0 unspecified atom stereocenters. The predicted molar refractivity (Wildman–Crippen MR) is 80.0 cm³/mol. The average Bonchev–Trinajstić information content (AvgIpc) is 2.44. The molecule has 116 valence electrons. The van der Waals surface area contributed by atoms with Crippen molar-refractivity contribution in [3.05, 3.63) is 17.7 Å². The van der Waals surface area contributed by atoms with Gasteiger partial charge in [-0.25, -0.2) is 12.7 Å². The predicted octanol–water partition coefficient (Wildman–Crippen LogP) is 1.74. The maximum Gasteiger partial charge on any atom is 0.265 e. The second-order valence-electron chi connectivity index (χ2n) is 5.04. The molecule has 1 aliphatic rings. The highest BCUT2D eigenvalue weighted by atomic mass is 32.2. The summed E-state index contributed by atoms with van der Waals surface area (Å²) >= 11 is 0. The van der Waals surface area contributed by atoms with Crippen LogP contribution in [0.15, 0.2) is 17.0 Å². The summed E-state index contributed by atoms with van der Waals surface area (Å²) in [6.45, 7) is 5.70. The average molecular weight is 312 g/mol. The van der Waals surface area contributed by atoms with E-state index in [4.69, 9.17) is 4.74 Å². The van der Waals surface area contributed by atoms with Crippen LogP contribution in [0.2, 0.25) is 0 Å². The number of aryl methyl sites for hydroxylation is 1. The van der Waals surface area contributed by atoms with Gasteiger partial charge in [0.15, 0.2) is 6.10 Å². The van der Waals surface area contributed by atoms with Crippen molar-refractivity contribution in [2.24, 2.45) is 0 Å². The quantitative estimate of drug-likeness (QED) is 0.919. The SMILES string of the molecule is CC[C@H]1Oc2cc(S(=O)(=O)N(C)CC)c(C)cc2NC1=O. The number of hydrogen-bond acceptors (Lipinski definition) is 4. The zero-order valence-corrected chi connectivity index (χ0v) is 13.5. The lowest BCUT2D eigenvalue weighted by Gasteiger charge is -2.26. The molecule has 0 aliphatic carbocycles. The van der Waals surface area contributed by atoms with E-state index < -0.39 is 16.1 Å². The van der Waals surface area contributed by atoms with Crippen molar-refractivity contribution in [3.8, 4) is 5.75 Å². The number of ether oxygens (including phenoxy) is 1. The van der Waals surface area contributed by atoms with E-state index in [-0.39, 0.29) is 10.8 Å². The summed E-state index contributed by atoms with van der Waals surface area (Å²) in [5, 5.41) is 2.75. The lowest BCUT2D eigenvalue weighted by atomic mass is 10.1. The molecule has 0 saturated carbocycles. The van der Waals surface area contributed by atoms with E-state index in [0.29, 0.717) is 30.0 Å². The molecule has 0 saturated heterocycles. The van der Waals surface area contributed by atoms with Gasteiger partial charge in [0.05, 0.1) is 10.6 Å². The standard InChI is InChI=1S/C14H20N2O4S/c1-5-11-14(17)15-10-7-9(3)13(8-12(10)20-11)21(18,19)16(4)6-2/h7-8,11H,5-6H2,1-4H3,(H,15,17)/t11-/m1/s1. The molecule has 6 nitrogen and oxygen atoms in total. The number of sulfonamides is 1. The van der Waals surface area contributed by atoms with Gasteiger partial charge in [-0.15, -0.1) is 0 Å². The number of carbonyl (C=O) groups excluding carboxylic acids is 1. The van der Waals surface area contributed by atoms with Gasteiger partial charge in [0.25, 0.3) is 5.91 Å². The van der Waals surface area contributed by atoms with E-state index in [1.54, 1.807) is 19.9 Å². The van der Waals surface area contributed by atoms with Crippen LogP contribution < -0.4 is 10.1 Å². The van der Waals surface area contributed by atoms with Gasteiger partial charge in [-0.1, -0.05) is 13.8 Å². The van der Waals surface area contributed by atoms with Gasteiger partial charge >= 0.3 is 0 Å². The summed E-state index contributed by atoms with van der Waals surface area (Å²) in [5.41, 5.74) is 1.09. The Morgan fingerprint density at radius 1 is 1.33 bits per heavy atom. The van der Waals surface area contributed by atoms with Crippen LogP contribution >= 0.6 is 0 Å². The van der Waals surface area contributed by atoms with Crippen LogP contribution in [0, 0.1) is 6.92 Å². The van der Waals surface area contributed by atoms with E-state index >= 15 is 0 Å². The fraction of sp³-hybridized carbons (Fsp3) is 0.500. The molecule has 1 N–H and O–H groups in total. The Bertz CT molecular complexity index is 670. The highest BCUT2D eigenvalue weighted by Crippen LogP contribution is 2.35. The molecule has 0 bridgehead atoms. The normalized spacial score (nSPS) is 18.1. The molecule has 0 fully saturated rings. The third kappa shape index (κ3) is 2.75. The number of anilines is 1. The lowest BCUT2D eigenvalue weighted by molar-refractivity contribution is -0.123. The first-order chi connectivity index (χ1) is 9.81. The lowest BCUT2D eigenvalue weighted by Crippen LogP contribution is -2.36. The molecule has 0 aromatic heterocycles. The van der Waals surface area contributed by atoms with Gasteiger partial charge in [-0.3, -0.25) is 4.79 Å². The molecule has 7 heteroatoms. The van der Waals surface area contributed by atoms with Gasteiger partial charge in [0, 0.05) is 19.7 Å². The third-order valence-electron chi connectivity index (χ3n) is 3.60. The summed E-state index contributed by atoms with van der Waals surface area (Å²) in [4.78, 5) is 12.0. The first-order valence-electron chi connectivity index (χ1n) is 6.89. The molecule has 21 heavy (non-hydrogen) atoms. The van der Waals surface area contributed by atoms with Crippen molar-refractivity contribution in [1.29, 1.82) is 0 Å². The Morgan fingerprint density at radius 3 is 2.57 bits per heavy atom. The van der Waals surface area contributed by atoms with Crippen LogP contribution in [-0.2, 0) is 14.8 Å². The van der Waals surface area contributed by atoms with Crippen molar-refractivity contribution >= 4 is 21.6 Å². The molecule has 0 radical (unpaired) electrons. The van der Waals surface area contributed by atoms with Crippen molar-refractivity contribution in [2.45, 2.75) is 38.2 Å². The van der Waals surface area contributed by atoms with Crippen LogP contribution in [0.3, 0.4) is 0 Å². The zero-order valence-electron chi connectivity index (χ0n) is 12.6. The van der Waals surface area contributed by atoms with Crippen molar-refractivity contribution < 1.29 is 17.9 Å². The number of fused-ring (bicyclic) bond motifs is 1. The summed E-state index contributed by atoms with van der Waals surface area (Å²) in [7, 11) is -2.02. The Hall–Kier alpha value is -1.60. The van der Waals surface area contributed by atoms with Gasteiger partial charge in [0.2, 0.25) is 10.0 Å². The zero-order chi connectivity index (χ0) is 15.8. The van der Waals surface area contributed by atoms with E-state index in [0.717, 1.165) is 0 Å². The van der Waals surface area contributed by atoms with Crippen LogP contribution in [0.1, 0.15) is 25.8 Å². The van der Waals surface area contributed by atoms with Crippen LogP contribution in [0.4, 0.5) is 5.69 Å². The molecule has 1 aromatic carbocycles. The maximum atomic E-state index is 12.5. The first-order valence-corrected chi connectivity index (χ1v) is 8.33. The number of nitrogens with one attached hydrogen (secondary N) is 1. The summed E-state index contributed by atoms with van der Waals surface area (Å²) in [6.07, 6.45) is -0.0597. The molecule has 1 atom stereocenters. The van der Waals surface area contributed by atoms with Gasteiger partial charge in [0.1, 0.15) is 5.75 Å². The van der Waals surface area contributed by atoms with Crippen LogP contribution in [0.25, 0.3) is 0 Å². The number of rotatable bonds is 4. The number of nitrogens with zero attached hydrogens (tertiary/aromatic N) is 1. The molecular weight excluding hydrogens is 292 g/mol. The minimum atomic E-state index is -3.55. The molecular formula is C14H20N2O4S. The molecule has 1 heterocycles. The Labute approximate surface area is 125 Å². The number of hydrogen-bond donors (Lipinski definition) is 1. The number of amides is 1. The fourth-order valence-corrected chi connectivity index (χ4v) is 3.57. The summed E-state index contributed by atoms with van der Waals surface area (Å²) in [5.74, 6) is 0.195. The van der Waals surface area contributed by atoms with E-state index in [9.17, 15) is 13.2 Å². The second kappa shape index (κ2) is 5.65. The molecule has 0 spiro atoms. The number of benzene rings is 1. The summed E-state index contributed by atoms with van der Waals surface area (Å²) < 4.78 is 31.8. The van der Waals surface area contributed by atoms with Crippen molar-refractivity contribution in [2.75, 3.05) is 18.9 Å². The Morgan fingerprint density at radius 2 is 2.00 bits per heavy atom. The minimum absolute atomic E-state index is 0.203. The van der Waals surface area contributed by atoms with E-state index in [1.807, 2.05) is 6.92 Å². The van der Waals surface area contributed by atoms with Crippen molar-refractivity contribution in [1.82, 2.24) is 4.31 Å². The third-order valence-corrected chi connectivity index (χ3v) is 5.68. The smallest absolute Gasteiger partial charge is 0.265 e. The van der Waals surface area contributed by atoms with E-state index in [2.05, 4.69) is 5.32 Å². The topological polar surface area (TPSA) is 75.7 Å². The largest absolute Gasteiger partial charge is 0.478 e. The first kappa shape index (κ1) is 15.8. The van der Waals surface area contributed by atoms with Crippen LogP contribution in [0.5, 0.6) is 5.75 Å². The highest BCUT2D eigenvalue weighted by Gasteiger charge is 2.29. The molecule has 2 rings (SSSR count). The second-order valence-corrected chi connectivity index (χ2v) is 7.05. The van der Waals surface area contributed by atoms with Crippen molar-refractivity contribution in [3.63, 3.8) is 0 Å². The molecule has 1 aliphatic heterocycles. The maximum absolute atomic E-state index is 12.5. The number of carbonyl (C=O) groups is 1. The fourth-order valence-electron chi connectivity index (χ4n) is 2.17. The molecule has 1 amide bonds. The highest BCUT2D eigenvalue weighted by molar-refractivity contribution is 7.89. The minimum Gasteiger partial charge on any atom is -0.478 e. The van der Waals surface area contributed by atoms with Gasteiger partial charge in [-0.2, -0.15) is 0 Å². The molecule has 1 aromatic rings. The summed E-state index contributed by atoms with van der Waals surface area (Å²) in [6, 6.07) is 3.13.